The van der Waals surface area contributed by atoms with E-state index in [1.807, 2.05) is 24.3 Å². The van der Waals surface area contributed by atoms with E-state index in [4.69, 9.17) is 0 Å². The topological polar surface area (TPSA) is 46.2 Å². The predicted molar refractivity (Wildman–Crippen MR) is 89.7 cm³/mol. The van der Waals surface area contributed by atoms with Crippen LogP contribution in [0.5, 0.6) is 0 Å². The van der Waals surface area contributed by atoms with Crippen LogP contribution in [-0.2, 0) is 4.79 Å². The highest BCUT2D eigenvalue weighted by molar-refractivity contribution is 5.94. The zero-order valence-corrected chi connectivity index (χ0v) is 13.1. The molecule has 0 aliphatic heterocycles. The van der Waals surface area contributed by atoms with Crippen molar-refractivity contribution in [2.45, 2.75) is 39.0 Å². The first kappa shape index (κ1) is 16.2. The van der Waals surface area contributed by atoms with E-state index in [0.717, 1.165) is 19.1 Å². The summed E-state index contributed by atoms with van der Waals surface area (Å²) in [6.07, 6.45) is 10.2. The largest absolute Gasteiger partial charge is 0.352 e. The summed E-state index contributed by atoms with van der Waals surface area (Å²) < 4.78 is 0. The number of hydrogen-bond acceptors (Lipinski definition) is 2. The second-order valence-electron chi connectivity index (χ2n) is 5.56. The molecular formula is C19H23NO2. The van der Waals surface area contributed by atoms with Crippen molar-refractivity contribution < 1.29 is 9.59 Å². The van der Waals surface area contributed by atoms with Gasteiger partial charge in [0.15, 0.2) is 0 Å². The van der Waals surface area contributed by atoms with E-state index in [1.165, 1.54) is 29.6 Å². The maximum atomic E-state index is 11.9. The molecule has 0 atom stereocenters. The zero-order valence-electron chi connectivity index (χ0n) is 13.1. The number of hydrogen-bond donors (Lipinski definition) is 1. The van der Waals surface area contributed by atoms with Crippen molar-refractivity contribution in [2.24, 2.45) is 0 Å². The maximum Gasteiger partial charge on any atom is 0.251 e. The van der Waals surface area contributed by atoms with E-state index in [2.05, 4.69) is 24.4 Å². The van der Waals surface area contributed by atoms with Crippen LogP contribution in [0, 0.1) is 0 Å². The van der Waals surface area contributed by atoms with E-state index >= 15 is 0 Å². The molecule has 0 radical (unpaired) electrons. The Morgan fingerprint density at radius 2 is 1.95 bits per heavy atom. The molecule has 116 valence electrons. The van der Waals surface area contributed by atoms with E-state index in [0.29, 0.717) is 18.5 Å². The molecule has 3 nitrogen and oxygen atoms in total. The Bertz CT molecular complexity index is 582. The Morgan fingerprint density at radius 3 is 2.55 bits per heavy atom. The maximum absolute atomic E-state index is 11.9. The number of rotatable bonds is 7. The molecule has 1 aliphatic rings. The smallest absolute Gasteiger partial charge is 0.251 e. The first-order valence-corrected chi connectivity index (χ1v) is 7.95. The van der Waals surface area contributed by atoms with Gasteiger partial charge in [-0.15, -0.1) is 0 Å². The number of carbonyl (C=O) groups is 2. The Balaban J connectivity index is 2.00. The molecule has 22 heavy (non-hydrogen) atoms. The molecule has 0 unspecified atom stereocenters. The van der Waals surface area contributed by atoms with Crippen LogP contribution in [0.15, 0.2) is 42.0 Å². The minimum absolute atomic E-state index is 0.129. The summed E-state index contributed by atoms with van der Waals surface area (Å²) in [7, 11) is 0. The van der Waals surface area contributed by atoms with Crippen LogP contribution < -0.4 is 5.32 Å². The van der Waals surface area contributed by atoms with Gasteiger partial charge in [-0.25, -0.2) is 0 Å². The third-order valence-corrected chi connectivity index (χ3v) is 3.87. The summed E-state index contributed by atoms with van der Waals surface area (Å²) in [5.41, 5.74) is 4.66. The molecule has 2 rings (SSSR count). The van der Waals surface area contributed by atoms with E-state index in [1.54, 1.807) is 0 Å². The van der Waals surface area contributed by atoms with E-state index in [-0.39, 0.29) is 5.91 Å². The van der Waals surface area contributed by atoms with Gasteiger partial charge >= 0.3 is 0 Å². The standard InChI is InChI=1S/C19H23NO2/c1-2-4-15-5-7-16(8-6-15)17-9-11-18(12-10-17)19(22)20-13-3-14-21/h5,7,9-12,14H,2-4,6,8,13H2,1H3,(H,20,22). The normalized spacial score (nSPS) is 14.0. The molecule has 1 aliphatic carbocycles. The van der Waals surface area contributed by atoms with Crippen LogP contribution in [0.4, 0.5) is 0 Å². The number of benzene rings is 1. The third kappa shape index (κ3) is 4.42. The van der Waals surface area contributed by atoms with Gasteiger partial charge in [-0.05, 0) is 42.5 Å². The van der Waals surface area contributed by atoms with Crippen LogP contribution in [0.3, 0.4) is 0 Å². The van der Waals surface area contributed by atoms with Gasteiger partial charge < -0.3 is 10.1 Å². The van der Waals surface area contributed by atoms with Crippen LogP contribution in [0.2, 0.25) is 0 Å². The number of nitrogens with one attached hydrogen (secondary N) is 1. The molecular weight excluding hydrogens is 274 g/mol. The summed E-state index contributed by atoms with van der Waals surface area (Å²) in [5, 5.41) is 2.72. The predicted octanol–water partition coefficient (Wildman–Crippen LogP) is 3.91. The Kier molecular flexibility index (Phi) is 6.13. The molecule has 1 aromatic carbocycles. The fourth-order valence-electron chi connectivity index (χ4n) is 2.63. The lowest BCUT2D eigenvalue weighted by molar-refractivity contribution is -0.107. The number of aldehydes is 1. The summed E-state index contributed by atoms with van der Waals surface area (Å²) in [5.74, 6) is -0.129. The first-order chi connectivity index (χ1) is 10.7. The minimum atomic E-state index is -0.129. The van der Waals surface area contributed by atoms with Crippen LogP contribution in [-0.4, -0.2) is 18.7 Å². The van der Waals surface area contributed by atoms with Crippen molar-refractivity contribution in [1.29, 1.82) is 0 Å². The van der Waals surface area contributed by atoms with Crippen LogP contribution in [0.1, 0.15) is 54.9 Å². The molecule has 0 saturated heterocycles. The highest BCUT2D eigenvalue weighted by Gasteiger charge is 2.09. The number of carbonyl (C=O) groups excluding carboxylic acids is 2. The SMILES string of the molecule is CCCC1=CC=C(c2ccc(C(=O)NCCC=O)cc2)CC1. The Labute approximate surface area is 132 Å². The molecule has 3 heteroatoms. The first-order valence-electron chi connectivity index (χ1n) is 7.95. The highest BCUT2D eigenvalue weighted by Crippen LogP contribution is 2.28. The van der Waals surface area contributed by atoms with Crippen LogP contribution in [0.25, 0.3) is 5.57 Å². The summed E-state index contributed by atoms with van der Waals surface area (Å²) in [6, 6.07) is 7.69. The lowest BCUT2D eigenvalue weighted by atomic mass is 9.91. The molecule has 1 amide bonds. The van der Waals surface area contributed by atoms with Crippen molar-refractivity contribution in [3.8, 4) is 0 Å². The molecule has 0 aromatic heterocycles. The average molecular weight is 297 g/mol. The molecule has 0 fully saturated rings. The van der Waals surface area contributed by atoms with Gasteiger partial charge in [0, 0.05) is 18.5 Å². The molecule has 1 N–H and O–H groups in total. The van der Waals surface area contributed by atoms with Gasteiger partial charge in [0.25, 0.3) is 5.91 Å². The van der Waals surface area contributed by atoms with Gasteiger partial charge in [0.1, 0.15) is 6.29 Å². The van der Waals surface area contributed by atoms with Gasteiger partial charge in [0.05, 0.1) is 0 Å². The van der Waals surface area contributed by atoms with Crippen molar-refractivity contribution in [2.75, 3.05) is 6.54 Å². The zero-order chi connectivity index (χ0) is 15.8. The number of allylic oxidation sites excluding steroid dienone is 4. The van der Waals surface area contributed by atoms with Crippen molar-refractivity contribution in [3.63, 3.8) is 0 Å². The Hall–Kier alpha value is -2.16. The van der Waals surface area contributed by atoms with Crippen molar-refractivity contribution >= 4 is 17.8 Å². The monoisotopic (exact) mass is 297 g/mol. The summed E-state index contributed by atoms with van der Waals surface area (Å²) in [6.45, 7) is 2.60. The van der Waals surface area contributed by atoms with Gasteiger partial charge in [-0.2, -0.15) is 0 Å². The van der Waals surface area contributed by atoms with E-state index in [9.17, 15) is 9.59 Å². The molecule has 0 bridgehead atoms. The number of amides is 1. The van der Waals surface area contributed by atoms with Crippen molar-refractivity contribution in [1.82, 2.24) is 5.32 Å². The molecule has 0 spiro atoms. The second-order valence-corrected chi connectivity index (χ2v) is 5.56. The van der Waals surface area contributed by atoms with Gasteiger partial charge in [0.2, 0.25) is 0 Å². The molecule has 0 saturated carbocycles. The second kappa shape index (κ2) is 8.32. The summed E-state index contributed by atoms with van der Waals surface area (Å²) >= 11 is 0. The van der Waals surface area contributed by atoms with E-state index < -0.39 is 0 Å². The highest BCUT2D eigenvalue weighted by atomic mass is 16.1. The van der Waals surface area contributed by atoms with Crippen molar-refractivity contribution in [3.05, 3.63) is 53.1 Å². The fraction of sp³-hybridized carbons (Fsp3) is 0.368. The molecule has 1 aromatic rings. The fourth-order valence-corrected chi connectivity index (χ4v) is 2.63. The quantitative estimate of drug-likeness (QED) is 0.612. The lowest BCUT2D eigenvalue weighted by Gasteiger charge is -2.15. The Morgan fingerprint density at radius 1 is 1.18 bits per heavy atom. The average Bonchev–Trinajstić information content (AvgIpc) is 2.56. The summed E-state index contributed by atoms with van der Waals surface area (Å²) in [4.78, 5) is 22.1. The lowest BCUT2D eigenvalue weighted by Crippen LogP contribution is -2.24. The third-order valence-electron chi connectivity index (χ3n) is 3.87. The van der Waals surface area contributed by atoms with Gasteiger partial charge in [-0.3, -0.25) is 4.79 Å². The van der Waals surface area contributed by atoms with Gasteiger partial charge in [-0.1, -0.05) is 43.2 Å². The van der Waals surface area contributed by atoms with Crippen LogP contribution >= 0.6 is 0 Å². The molecule has 0 heterocycles. The minimum Gasteiger partial charge on any atom is -0.352 e.